The molecule has 0 aliphatic rings. The maximum Gasteiger partial charge on any atom is 0.0852 e. The molecule has 0 N–H and O–H groups in total. The molecule has 3 nitrogen and oxygen atoms in total. The van der Waals surface area contributed by atoms with Crippen LogP contribution < -0.4 is 0 Å². The van der Waals surface area contributed by atoms with Gasteiger partial charge in [0.2, 0.25) is 0 Å². The minimum absolute atomic E-state index is 0.157. The normalized spacial score (nSPS) is 12.5. The van der Waals surface area contributed by atoms with E-state index in [9.17, 15) is 0 Å². The first kappa shape index (κ1) is 13.4. The van der Waals surface area contributed by atoms with Gasteiger partial charge in [-0.2, -0.15) is 15.5 Å². The summed E-state index contributed by atoms with van der Waals surface area (Å²) in [6.45, 7) is 4.75. The van der Waals surface area contributed by atoms with Crippen molar-refractivity contribution in [1.82, 2.24) is 0 Å². The molecule has 0 aromatic heterocycles. The van der Waals surface area contributed by atoms with Crippen LogP contribution in [0.5, 0.6) is 0 Å². The van der Waals surface area contributed by atoms with Crippen LogP contribution in [-0.2, 0) is 0 Å². The largest absolute Gasteiger partial charge is 0.198 e. The predicted molar refractivity (Wildman–Crippen MR) is 69.2 cm³/mol. The van der Waals surface area contributed by atoms with Crippen molar-refractivity contribution in [3.63, 3.8) is 0 Å². The van der Waals surface area contributed by atoms with Crippen LogP contribution in [0, 0.1) is 24.2 Å². The minimum Gasteiger partial charge on any atom is -0.198 e. The molecule has 0 spiro atoms. The second-order valence-corrected chi connectivity index (χ2v) is 4.33. The summed E-state index contributed by atoms with van der Waals surface area (Å²) >= 11 is 0. The van der Waals surface area contributed by atoms with Gasteiger partial charge in [-0.15, -0.1) is 0 Å². The fraction of sp³-hybridized carbons (Fsp3) is 0.500. The third kappa shape index (κ3) is 5.82. The molecule has 0 aliphatic heterocycles. The summed E-state index contributed by atoms with van der Waals surface area (Å²) in [7, 11) is 0. The fourth-order valence-corrected chi connectivity index (χ4v) is 1.44. The number of rotatable bonds is 6. The highest BCUT2D eigenvalue weighted by molar-refractivity contribution is 5.37. The van der Waals surface area contributed by atoms with Crippen LogP contribution in [0.4, 0.5) is 5.69 Å². The lowest BCUT2D eigenvalue weighted by Gasteiger charge is -1.99. The number of benzene rings is 1. The van der Waals surface area contributed by atoms with Crippen LogP contribution in [0.3, 0.4) is 0 Å². The third-order valence-electron chi connectivity index (χ3n) is 2.59. The summed E-state index contributed by atoms with van der Waals surface area (Å²) in [4.78, 5) is 0. The summed E-state index contributed by atoms with van der Waals surface area (Å²) in [5.41, 5.74) is 2.13. The molecule has 1 atom stereocenters. The molecule has 0 saturated carbocycles. The molecular formula is C14H19N3. The number of nitriles is 1. The molecule has 1 aromatic carbocycles. The lowest BCUT2D eigenvalue weighted by Crippen LogP contribution is -1.90. The van der Waals surface area contributed by atoms with E-state index in [1.54, 1.807) is 0 Å². The zero-order chi connectivity index (χ0) is 12.5. The number of nitrogens with zero attached hydrogens (tertiary/aromatic N) is 3. The monoisotopic (exact) mass is 229 g/mol. The quantitative estimate of drug-likeness (QED) is 0.526. The Morgan fingerprint density at radius 3 is 2.59 bits per heavy atom. The second kappa shape index (κ2) is 7.56. The number of unbranched alkanes of at least 4 members (excludes halogenated alkanes) is 1. The van der Waals surface area contributed by atoms with Gasteiger partial charge in [-0.05, 0) is 38.8 Å². The van der Waals surface area contributed by atoms with Crippen LogP contribution in [-0.4, -0.2) is 6.54 Å². The Morgan fingerprint density at radius 2 is 1.94 bits per heavy atom. The highest BCUT2D eigenvalue weighted by Gasteiger charge is 1.97. The van der Waals surface area contributed by atoms with Crippen molar-refractivity contribution in [2.24, 2.45) is 16.1 Å². The van der Waals surface area contributed by atoms with Gasteiger partial charge in [0.1, 0.15) is 0 Å². The van der Waals surface area contributed by atoms with E-state index in [1.165, 1.54) is 5.56 Å². The SMILES string of the molecule is Cc1ccc(N=NCCCCC(C)C#N)cc1. The first-order valence-corrected chi connectivity index (χ1v) is 6.06. The van der Waals surface area contributed by atoms with Crippen LogP contribution in [0.2, 0.25) is 0 Å². The molecule has 0 aliphatic carbocycles. The molecule has 0 bridgehead atoms. The average Bonchev–Trinajstić information content (AvgIpc) is 2.35. The van der Waals surface area contributed by atoms with Crippen molar-refractivity contribution in [2.75, 3.05) is 6.54 Å². The van der Waals surface area contributed by atoms with E-state index in [-0.39, 0.29) is 5.92 Å². The molecule has 1 aromatic rings. The van der Waals surface area contributed by atoms with E-state index in [0.717, 1.165) is 31.5 Å². The summed E-state index contributed by atoms with van der Waals surface area (Å²) in [6, 6.07) is 10.2. The Labute approximate surface area is 103 Å². The van der Waals surface area contributed by atoms with Crippen molar-refractivity contribution < 1.29 is 0 Å². The molecule has 1 rings (SSSR count). The van der Waals surface area contributed by atoms with Crippen molar-refractivity contribution in [3.05, 3.63) is 29.8 Å². The van der Waals surface area contributed by atoms with Gasteiger partial charge in [0, 0.05) is 5.92 Å². The molecule has 3 heteroatoms. The Kier molecular flexibility index (Phi) is 5.95. The number of aryl methyl sites for hydroxylation is 1. The van der Waals surface area contributed by atoms with Crippen LogP contribution in [0.1, 0.15) is 31.7 Å². The van der Waals surface area contributed by atoms with Crippen molar-refractivity contribution in [2.45, 2.75) is 33.1 Å². The van der Waals surface area contributed by atoms with Gasteiger partial charge in [-0.3, -0.25) is 0 Å². The first-order chi connectivity index (χ1) is 8.22. The van der Waals surface area contributed by atoms with Crippen LogP contribution in [0.25, 0.3) is 0 Å². The zero-order valence-corrected chi connectivity index (χ0v) is 10.6. The lowest BCUT2D eigenvalue weighted by atomic mass is 10.1. The molecule has 1 unspecified atom stereocenters. The second-order valence-electron chi connectivity index (χ2n) is 4.33. The number of hydrogen-bond donors (Lipinski definition) is 0. The highest BCUT2D eigenvalue weighted by Crippen LogP contribution is 2.13. The molecule has 0 fully saturated rings. The predicted octanol–water partition coefficient (Wildman–Crippen LogP) is 4.41. The van der Waals surface area contributed by atoms with Gasteiger partial charge >= 0.3 is 0 Å². The fourth-order valence-electron chi connectivity index (χ4n) is 1.44. The molecule has 0 heterocycles. The Morgan fingerprint density at radius 1 is 1.24 bits per heavy atom. The van der Waals surface area contributed by atoms with E-state index in [2.05, 4.69) is 23.2 Å². The highest BCUT2D eigenvalue weighted by atomic mass is 15.1. The first-order valence-electron chi connectivity index (χ1n) is 6.06. The Hall–Kier alpha value is -1.69. The van der Waals surface area contributed by atoms with E-state index in [4.69, 9.17) is 5.26 Å². The third-order valence-corrected chi connectivity index (χ3v) is 2.59. The van der Waals surface area contributed by atoms with E-state index in [0.29, 0.717) is 0 Å². The van der Waals surface area contributed by atoms with Crippen molar-refractivity contribution in [3.8, 4) is 6.07 Å². The number of hydrogen-bond acceptors (Lipinski definition) is 3. The van der Waals surface area contributed by atoms with Crippen molar-refractivity contribution >= 4 is 5.69 Å². The smallest absolute Gasteiger partial charge is 0.0852 e. The molecular weight excluding hydrogens is 210 g/mol. The maximum atomic E-state index is 8.62. The van der Waals surface area contributed by atoms with E-state index < -0.39 is 0 Å². The minimum atomic E-state index is 0.157. The standard InChI is InChI=1S/C14H19N3/c1-12-6-8-14(9-7-12)17-16-10-4-3-5-13(2)11-15/h6-9,13H,3-5,10H2,1-2H3. The van der Waals surface area contributed by atoms with Gasteiger partial charge in [0.05, 0.1) is 18.3 Å². The molecule has 17 heavy (non-hydrogen) atoms. The van der Waals surface area contributed by atoms with Gasteiger partial charge in [0.25, 0.3) is 0 Å². The number of azo groups is 1. The summed E-state index contributed by atoms with van der Waals surface area (Å²) in [6.07, 6.45) is 3.00. The molecule has 90 valence electrons. The van der Waals surface area contributed by atoms with E-state index >= 15 is 0 Å². The van der Waals surface area contributed by atoms with E-state index in [1.807, 2.05) is 31.2 Å². The lowest BCUT2D eigenvalue weighted by molar-refractivity contribution is 0.591. The zero-order valence-electron chi connectivity index (χ0n) is 10.6. The van der Waals surface area contributed by atoms with Gasteiger partial charge in [0.15, 0.2) is 0 Å². The van der Waals surface area contributed by atoms with Gasteiger partial charge in [-0.25, -0.2) is 0 Å². The molecule has 0 radical (unpaired) electrons. The Bertz CT molecular complexity index is 387. The van der Waals surface area contributed by atoms with Crippen LogP contribution in [0.15, 0.2) is 34.5 Å². The topological polar surface area (TPSA) is 48.5 Å². The summed E-state index contributed by atoms with van der Waals surface area (Å²) < 4.78 is 0. The van der Waals surface area contributed by atoms with Crippen molar-refractivity contribution in [1.29, 1.82) is 5.26 Å². The van der Waals surface area contributed by atoms with Crippen LogP contribution >= 0.6 is 0 Å². The van der Waals surface area contributed by atoms with Gasteiger partial charge in [-0.1, -0.05) is 24.1 Å². The molecule has 0 amide bonds. The summed E-state index contributed by atoms with van der Waals surface area (Å²) in [5.74, 6) is 0.157. The van der Waals surface area contributed by atoms with Gasteiger partial charge < -0.3 is 0 Å². The summed E-state index contributed by atoms with van der Waals surface area (Å²) in [5, 5.41) is 16.9. The maximum absolute atomic E-state index is 8.62. The Balaban J connectivity index is 2.18. The molecule has 0 saturated heterocycles. The average molecular weight is 229 g/mol.